The van der Waals surface area contributed by atoms with Gasteiger partial charge in [-0.05, 0) is 50.3 Å². The third-order valence-corrected chi connectivity index (χ3v) is 4.76. The standard InChI is InChI=1S/C17H18N4O6S2/c1-3-26-16(23)9-8-15(22)19-17(28)18-12-4-6-13(7-5-12)29(24,25)21-14-10-11(2)27-20-14/h4-10H,3H2,1-2H3,(H,20,21)(H2,18,19,22,28). The third-order valence-electron chi connectivity index (χ3n) is 3.18. The van der Waals surface area contributed by atoms with Crippen LogP contribution in [0.1, 0.15) is 12.7 Å². The number of amides is 1. The van der Waals surface area contributed by atoms with E-state index in [0.29, 0.717) is 11.4 Å². The van der Waals surface area contributed by atoms with E-state index < -0.39 is 21.9 Å². The van der Waals surface area contributed by atoms with Crippen molar-refractivity contribution < 1.29 is 27.3 Å². The van der Waals surface area contributed by atoms with Gasteiger partial charge in [-0.3, -0.25) is 14.8 Å². The van der Waals surface area contributed by atoms with Gasteiger partial charge in [-0.25, -0.2) is 13.2 Å². The molecule has 1 aromatic heterocycles. The maximum absolute atomic E-state index is 12.3. The van der Waals surface area contributed by atoms with Crippen molar-refractivity contribution in [2.75, 3.05) is 16.6 Å². The Bertz CT molecular complexity index is 1030. The number of carbonyl (C=O) groups excluding carboxylic acids is 2. The summed E-state index contributed by atoms with van der Waals surface area (Å²) in [6, 6.07) is 7.08. The Morgan fingerprint density at radius 3 is 2.52 bits per heavy atom. The maximum atomic E-state index is 12.3. The number of esters is 1. The second-order valence-corrected chi connectivity index (χ2v) is 7.57. The molecule has 2 rings (SSSR count). The molecule has 0 aliphatic rings. The van der Waals surface area contributed by atoms with Crippen LogP contribution in [0.2, 0.25) is 0 Å². The summed E-state index contributed by atoms with van der Waals surface area (Å²) in [6.07, 6.45) is 1.96. The van der Waals surface area contributed by atoms with E-state index in [9.17, 15) is 18.0 Å². The van der Waals surface area contributed by atoms with Crippen LogP contribution in [0, 0.1) is 6.92 Å². The summed E-state index contributed by atoms with van der Waals surface area (Å²) in [6.45, 7) is 3.48. The molecule has 0 atom stereocenters. The number of nitrogens with one attached hydrogen (secondary N) is 3. The number of anilines is 2. The lowest BCUT2D eigenvalue weighted by molar-refractivity contribution is -0.137. The molecule has 3 N–H and O–H groups in total. The number of aryl methyl sites for hydroxylation is 1. The zero-order valence-corrected chi connectivity index (χ0v) is 17.1. The van der Waals surface area contributed by atoms with E-state index in [0.717, 1.165) is 12.2 Å². The summed E-state index contributed by atoms with van der Waals surface area (Å²) >= 11 is 5.00. The minimum atomic E-state index is -3.84. The third kappa shape index (κ3) is 7.01. The number of ether oxygens (including phenoxy) is 1. The smallest absolute Gasteiger partial charge is 0.330 e. The molecule has 0 aliphatic carbocycles. The predicted octanol–water partition coefficient (Wildman–Crippen LogP) is 1.72. The molecular weight excluding hydrogens is 420 g/mol. The summed E-state index contributed by atoms with van der Waals surface area (Å²) in [7, 11) is -3.84. The number of carbonyl (C=O) groups is 2. The van der Waals surface area contributed by atoms with Gasteiger partial charge in [-0.15, -0.1) is 0 Å². The Hall–Kier alpha value is -3.25. The van der Waals surface area contributed by atoms with Crippen molar-refractivity contribution in [3.63, 3.8) is 0 Å². The molecule has 154 valence electrons. The van der Waals surface area contributed by atoms with E-state index in [1.54, 1.807) is 13.8 Å². The van der Waals surface area contributed by atoms with Crippen molar-refractivity contribution in [2.45, 2.75) is 18.7 Å². The van der Waals surface area contributed by atoms with Gasteiger partial charge in [0.15, 0.2) is 10.9 Å². The molecule has 0 bridgehead atoms. The molecular formula is C17H18N4O6S2. The molecule has 0 spiro atoms. The molecule has 0 saturated carbocycles. The Morgan fingerprint density at radius 2 is 1.93 bits per heavy atom. The largest absolute Gasteiger partial charge is 0.463 e. The Morgan fingerprint density at radius 1 is 1.24 bits per heavy atom. The fourth-order valence-electron chi connectivity index (χ4n) is 1.98. The first kappa shape index (κ1) is 22.0. The quantitative estimate of drug-likeness (QED) is 0.335. The highest BCUT2D eigenvalue weighted by Crippen LogP contribution is 2.18. The van der Waals surface area contributed by atoms with Crippen molar-refractivity contribution in [3.05, 3.63) is 48.2 Å². The molecule has 0 fully saturated rings. The van der Waals surface area contributed by atoms with Gasteiger partial charge in [-0.1, -0.05) is 5.16 Å². The molecule has 12 heteroatoms. The number of nitrogens with zero attached hydrogens (tertiary/aromatic N) is 1. The van der Waals surface area contributed by atoms with Gasteiger partial charge >= 0.3 is 5.97 Å². The van der Waals surface area contributed by atoms with Gasteiger partial charge in [0.05, 0.1) is 11.5 Å². The van der Waals surface area contributed by atoms with Crippen molar-refractivity contribution in [3.8, 4) is 0 Å². The molecule has 2 aromatic rings. The van der Waals surface area contributed by atoms with Crippen LogP contribution in [-0.4, -0.2) is 37.2 Å². The van der Waals surface area contributed by atoms with Gasteiger partial charge in [0.25, 0.3) is 10.0 Å². The molecule has 10 nitrogen and oxygen atoms in total. The van der Waals surface area contributed by atoms with E-state index in [-0.39, 0.29) is 22.4 Å². The summed E-state index contributed by atoms with van der Waals surface area (Å²) in [5, 5.41) is 8.61. The lowest BCUT2D eigenvalue weighted by Crippen LogP contribution is -2.33. The monoisotopic (exact) mass is 438 g/mol. The van der Waals surface area contributed by atoms with E-state index in [2.05, 4.69) is 25.2 Å². The number of hydrogen-bond acceptors (Lipinski definition) is 8. The van der Waals surface area contributed by atoms with Crippen LogP contribution in [0.4, 0.5) is 11.5 Å². The SMILES string of the molecule is CCOC(=O)C=CC(=O)NC(=S)Nc1ccc(S(=O)(=O)Nc2cc(C)on2)cc1. The molecule has 1 amide bonds. The lowest BCUT2D eigenvalue weighted by atomic mass is 10.3. The van der Waals surface area contributed by atoms with Crippen LogP contribution in [0.25, 0.3) is 0 Å². The summed E-state index contributed by atoms with van der Waals surface area (Å²) in [5.41, 5.74) is 0.445. The van der Waals surface area contributed by atoms with Crippen molar-refractivity contribution in [1.82, 2.24) is 10.5 Å². The number of rotatable bonds is 7. The zero-order chi connectivity index (χ0) is 21.4. The van der Waals surface area contributed by atoms with E-state index in [4.69, 9.17) is 16.7 Å². The first-order valence-corrected chi connectivity index (χ1v) is 10.1. The zero-order valence-electron chi connectivity index (χ0n) is 15.5. The Balaban J connectivity index is 1.93. The minimum absolute atomic E-state index is 0.00368. The highest BCUT2D eigenvalue weighted by Gasteiger charge is 2.16. The summed E-state index contributed by atoms with van der Waals surface area (Å²) < 4.78 is 36.4. The minimum Gasteiger partial charge on any atom is -0.463 e. The van der Waals surface area contributed by atoms with Crippen LogP contribution in [-0.2, 0) is 24.3 Å². The van der Waals surface area contributed by atoms with Crippen molar-refractivity contribution in [1.29, 1.82) is 0 Å². The Labute approximate surface area is 172 Å². The van der Waals surface area contributed by atoms with E-state index >= 15 is 0 Å². The molecule has 0 aliphatic heterocycles. The summed E-state index contributed by atoms with van der Waals surface area (Å²) in [4.78, 5) is 22.8. The summed E-state index contributed by atoms with van der Waals surface area (Å²) in [5.74, 6) is -0.728. The van der Waals surface area contributed by atoms with Gasteiger partial charge in [0.2, 0.25) is 5.91 Å². The molecule has 0 unspecified atom stereocenters. The topological polar surface area (TPSA) is 140 Å². The molecule has 29 heavy (non-hydrogen) atoms. The van der Waals surface area contributed by atoms with Gasteiger partial charge in [0, 0.05) is 23.9 Å². The normalized spacial score (nSPS) is 11.1. The average Bonchev–Trinajstić information content (AvgIpc) is 3.04. The van der Waals surface area contributed by atoms with Crippen molar-refractivity contribution in [2.24, 2.45) is 0 Å². The number of aromatic nitrogens is 1. The fourth-order valence-corrected chi connectivity index (χ4v) is 3.18. The second kappa shape index (κ2) is 9.80. The molecule has 1 aromatic carbocycles. The molecule has 1 heterocycles. The number of benzene rings is 1. The van der Waals surface area contributed by atoms with Crippen molar-refractivity contribution >= 4 is 50.7 Å². The van der Waals surface area contributed by atoms with E-state index in [1.807, 2.05) is 0 Å². The molecule has 0 radical (unpaired) electrons. The van der Waals surface area contributed by atoms with Crippen LogP contribution in [0.15, 0.2) is 51.9 Å². The fraction of sp³-hybridized carbons (Fsp3) is 0.176. The number of thiocarbonyl (C=S) groups is 1. The highest BCUT2D eigenvalue weighted by atomic mass is 32.2. The van der Waals surface area contributed by atoms with E-state index in [1.165, 1.54) is 30.3 Å². The number of sulfonamides is 1. The first-order chi connectivity index (χ1) is 13.7. The lowest BCUT2D eigenvalue weighted by Gasteiger charge is -2.09. The van der Waals surface area contributed by atoms with Gasteiger partial charge < -0.3 is 14.6 Å². The van der Waals surface area contributed by atoms with Gasteiger partial charge in [-0.2, -0.15) is 0 Å². The first-order valence-electron chi connectivity index (χ1n) is 8.22. The maximum Gasteiger partial charge on any atom is 0.330 e. The Kier molecular flexibility index (Phi) is 7.45. The average molecular weight is 438 g/mol. The number of hydrogen-bond donors (Lipinski definition) is 3. The van der Waals surface area contributed by atoms with Crippen LogP contribution in [0.3, 0.4) is 0 Å². The molecule has 0 saturated heterocycles. The van der Waals surface area contributed by atoms with Crippen LogP contribution in [0.5, 0.6) is 0 Å². The highest BCUT2D eigenvalue weighted by molar-refractivity contribution is 7.92. The predicted molar refractivity (Wildman–Crippen MR) is 109 cm³/mol. The second-order valence-electron chi connectivity index (χ2n) is 5.48. The van der Waals surface area contributed by atoms with Gasteiger partial charge in [0.1, 0.15) is 5.76 Å². The van der Waals surface area contributed by atoms with Crippen LogP contribution >= 0.6 is 12.2 Å². The van der Waals surface area contributed by atoms with Crippen LogP contribution < -0.4 is 15.4 Å².